The van der Waals surface area contributed by atoms with Gasteiger partial charge in [0.25, 0.3) is 0 Å². The first kappa shape index (κ1) is 15.0. The molecule has 1 fully saturated rings. The Balaban J connectivity index is 1.83. The maximum atomic E-state index is 10.7. The van der Waals surface area contributed by atoms with Crippen molar-refractivity contribution < 1.29 is 4.79 Å². The van der Waals surface area contributed by atoms with Crippen LogP contribution in [0.1, 0.15) is 38.2 Å². The molecule has 110 valence electrons. The van der Waals surface area contributed by atoms with Crippen LogP contribution in [0.3, 0.4) is 0 Å². The fraction of sp³-hybridized carbons (Fsp3) is 0.588. The Bertz CT molecular complexity index is 397. The molecule has 2 rings (SSSR count). The highest BCUT2D eigenvalue weighted by atomic mass is 16.1. The maximum absolute atomic E-state index is 10.7. The van der Waals surface area contributed by atoms with E-state index in [1.165, 1.54) is 18.4 Å². The number of nitrogens with one attached hydrogen (secondary N) is 1. The summed E-state index contributed by atoms with van der Waals surface area (Å²) in [5.74, 6) is 1.18. The molecule has 1 N–H and O–H groups in total. The standard InChI is InChI=1S/C17H26N2O/c1-14(2)17(18-13-20)12-19-10-8-16(9-11-19)15-6-4-3-5-7-15/h3-7,13-14,16-17H,8-12H2,1-2H3,(H,18,20)/t17-/m1/s1. The first-order chi connectivity index (χ1) is 9.70. The molecule has 1 saturated heterocycles. The van der Waals surface area contributed by atoms with E-state index in [1.807, 2.05) is 0 Å². The Labute approximate surface area is 122 Å². The first-order valence-electron chi connectivity index (χ1n) is 7.67. The van der Waals surface area contributed by atoms with Crippen LogP contribution in [0.15, 0.2) is 30.3 Å². The van der Waals surface area contributed by atoms with E-state index in [-0.39, 0.29) is 6.04 Å². The molecule has 1 amide bonds. The molecule has 0 saturated carbocycles. The summed E-state index contributed by atoms with van der Waals surface area (Å²) in [6.07, 6.45) is 3.27. The first-order valence-corrected chi connectivity index (χ1v) is 7.67. The summed E-state index contributed by atoms with van der Waals surface area (Å²) in [4.78, 5) is 13.2. The molecule has 1 aliphatic rings. The van der Waals surface area contributed by atoms with Gasteiger partial charge in [0.1, 0.15) is 0 Å². The molecular formula is C17H26N2O. The summed E-state index contributed by atoms with van der Waals surface area (Å²) in [5, 5.41) is 2.95. The van der Waals surface area contributed by atoms with Crippen LogP contribution in [0.2, 0.25) is 0 Å². The lowest BCUT2D eigenvalue weighted by Crippen LogP contribution is -2.46. The number of hydrogen-bond acceptors (Lipinski definition) is 2. The van der Waals surface area contributed by atoms with E-state index in [9.17, 15) is 4.79 Å². The van der Waals surface area contributed by atoms with E-state index >= 15 is 0 Å². The quantitative estimate of drug-likeness (QED) is 0.809. The Morgan fingerprint density at radius 3 is 2.45 bits per heavy atom. The van der Waals surface area contributed by atoms with Crippen LogP contribution in [-0.2, 0) is 4.79 Å². The highest BCUT2D eigenvalue weighted by molar-refractivity contribution is 5.46. The minimum absolute atomic E-state index is 0.265. The minimum Gasteiger partial charge on any atom is -0.354 e. The van der Waals surface area contributed by atoms with E-state index in [1.54, 1.807) is 0 Å². The summed E-state index contributed by atoms with van der Waals surface area (Å²) in [7, 11) is 0. The highest BCUT2D eigenvalue weighted by Gasteiger charge is 2.23. The van der Waals surface area contributed by atoms with Crippen molar-refractivity contribution in [1.82, 2.24) is 10.2 Å². The summed E-state index contributed by atoms with van der Waals surface area (Å²) >= 11 is 0. The number of carbonyl (C=O) groups excluding carboxylic acids is 1. The normalized spacial score (nSPS) is 18.9. The summed E-state index contributed by atoms with van der Waals surface area (Å²) in [5.41, 5.74) is 1.47. The van der Waals surface area contributed by atoms with E-state index in [4.69, 9.17) is 0 Å². The number of likely N-dealkylation sites (tertiary alicyclic amines) is 1. The topological polar surface area (TPSA) is 32.3 Å². The van der Waals surface area contributed by atoms with E-state index in [2.05, 4.69) is 54.4 Å². The molecular weight excluding hydrogens is 248 g/mol. The van der Waals surface area contributed by atoms with Crippen molar-refractivity contribution in [1.29, 1.82) is 0 Å². The molecule has 3 nitrogen and oxygen atoms in total. The molecule has 1 atom stereocenters. The number of benzene rings is 1. The highest BCUT2D eigenvalue weighted by Crippen LogP contribution is 2.27. The fourth-order valence-electron chi connectivity index (χ4n) is 3.00. The van der Waals surface area contributed by atoms with Gasteiger partial charge >= 0.3 is 0 Å². The van der Waals surface area contributed by atoms with Crippen LogP contribution in [0.5, 0.6) is 0 Å². The summed E-state index contributed by atoms with van der Waals surface area (Å²) < 4.78 is 0. The van der Waals surface area contributed by atoms with Crippen molar-refractivity contribution >= 4 is 6.41 Å². The van der Waals surface area contributed by atoms with Gasteiger partial charge < -0.3 is 10.2 Å². The van der Waals surface area contributed by atoms with Crippen molar-refractivity contribution in [2.45, 2.75) is 38.6 Å². The second-order valence-electron chi connectivity index (χ2n) is 6.12. The zero-order chi connectivity index (χ0) is 14.4. The van der Waals surface area contributed by atoms with Gasteiger partial charge in [-0.25, -0.2) is 0 Å². The third-order valence-electron chi connectivity index (χ3n) is 4.40. The third-order valence-corrected chi connectivity index (χ3v) is 4.40. The molecule has 1 aliphatic heterocycles. The van der Waals surface area contributed by atoms with Gasteiger partial charge in [-0.3, -0.25) is 4.79 Å². The molecule has 3 heteroatoms. The van der Waals surface area contributed by atoms with Crippen LogP contribution in [-0.4, -0.2) is 37.0 Å². The van der Waals surface area contributed by atoms with Gasteiger partial charge in [-0.2, -0.15) is 0 Å². The number of carbonyl (C=O) groups is 1. The lowest BCUT2D eigenvalue weighted by molar-refractivity contribution is -0.110. The molecule has 0 aromatic heterocycles. The Kier molecular flexibility index (Phi) is 5.60. The Hall–Kier alpha value is -1.35. The van der Waals surface area contributed by atoms with Gasteiger partial charge in [0.2, 0.25) is 6.41 Å². The van der Waals surface area contributed by atoms with Crippen LogP contribution in [0.25, 0.3) is 0 Å². The smallest absolute Gasteiger partial charge is 0.207 e. The lowest BCUT2D eigenvalue weighted by Gasteiger charge is -2.35. The Morgan fingerprint density at radius 1 is 1.25 bits per heavy atom. The largest absolute Gasteiger partial charge is 0.354 e. The second kappa shape index (κ2) is 7.44. The summed E-state index contributed by atoms with van der Waals surface area (Å²) in [6.45, 7) is 7.56. The van der Waals surface area contributed by atoms with Gasteiger partial charge in [-0.05, 0) is 43.3 Å². The van der Waals surface area contributed by atoms with Crippen LogP contribution >= 0.6 is 0 Å². The van der Waals surface area contributed by atoms with Gasteiger partial charge in [-0.1, -0.05) is 44.2 Å². The van der Waals surface area contributed by atoms with Crippen LogP contribution in [0, 0.1) is 5.92 Å². The summed E-state index contributed by atoms with van der Waals surface area (Å²) in [6, 6.07) is 11.1. The van der Waals surface area contributed by atoms with E-state index in [0.717, 1.165) is 26.0 Å². The van der Waals surface area contributed by atoms with Crippen molar-refractivity contribution in [3.63, 3.8) is 0 Å². The predicted octanol–water partition coefficient (Wildman–Crippen LogP) is 2.64. The minimum atomic E-state index is 0.265. The number of nitrogens with zero attached hydrogens (tertiary/aromatic N) is 1. The van der Waals surface area contributed by atoms with Crippen LogP contribution in [0.4, 0.5) is 0 Å². The van der Waals surface area contributed by atoms with Crippen LogP contribution < -0.4 is 5.32 Å². The zero-order valence-electron chi connectivity index (χ0n) is 12.6. The van der Waals surface area contributed by atoms with E-state index in [0.29, 0.717) is 11.8 Å². The van der Waals surface area contributed by atoms with E-state index < -0.39 is 0 Å². The zero-order valence-corrected chi connectivity index (χ0v) is 12.6. The van der Waals surface area contributed by atoms with Crippen molar-refractivity contribution in [3.05, 3.63) is 35.9 Å². The van der Waals surface area contributed by atoms with Crippen molar-refractivity contribution in [2.75, 3.05) is 19.6 Å². The van der Waals surface area contributed by atoms with Gasteiger partial charge in [0, 0.05) is 12.6 Å². The number of hydrogen-bond donors (Lipinski definition) is 1. The molecule has 1 heterocycles. The number of rotatable bonds is 6. The third kappa shape index (κ3) is 4.07. The van der Waals surface area contributed by atoms with Gasteiger partial charge in [-0.15, -0.1) is 0 Å². The molecule has 1 aromatic rings. The molecule has 0 radical (unpaired) electrons. The monoisotopic (exact) mass is 274 g/mol. The predicted molar refractivity (Wildman–Crippen MR) is 82.7 cm³/mol. The number of amides is 1. The lowest BCUT2D eigenvalue weighted by atomic mass is 9.89. The SMILES string of the molecule is CC(C)[C@@H](CN1CCC(c2ccccc2)CC1)NC=O. The second-order valence-corrected chi connectivity index (χ2v) is 6.12. The molecule has 0 bridgehead atoms. The van der Waals surface area contributed by atoms with Gasteiger partial charge in [0.05, 0.1) is 0 Å². The van der Waals surface area contributed by atoms with Crippen molar-refractivity contribution in [2.24, 2.45) is 5.92 Å². The molecule has 0 aliphatic carbocycles. The fourth-order valence-corrected chi connectivity index (χ4v) is 3.00. The average Bonchev–Trinajstić information content (AvgIpc) is 2.48. The maximum Gasteiger partial charge on any atom is 0.207 e. The van der Waals surface area contributed by atoms with Crippen molar-refractivity contribution in [3.8, 4) is 0 Å². The molecule has 0 unspecified atom stereocenters. The Morgan fingerprint density at radius 2 is 1.90 bits per heavy atom. The van der Waals surface area contributed by atoms with Gasteiger partial charge in [0.15, 0.2) is 0 Å². The number of piperidine rings is 1. The molecule has 0 spiro atoms. The molecule has 1 aromatic carbocycles. The molecule has 20 heavy (non-hydrogen) atoms. The average molecular weight is 274 g/mol.